The standard InChI is InChI=1S/C12H17O4PS/c1-3-9-18-17(14,15-4-2)16-12-8-6-5-7-11(12)10-13/h5-8,10H,3-4,9H2,1-2H3. The molecule has 1 aromatic carbocycles. The molecule has 100 valence electrons. The highest BCUT2D eigenvalue weighted by molar-refractivity contribution is 8.55. The number of hydrogen-bond donors (Lipinski definition) is 0. The summed E-state index contributed by atoms with van der Waals surface area (Å²) in [6.07, 6.45) is 1.55. The van der Waals surface area contributed by atoms with Gasteiger partial charge in [0.15, 0.2) is 6.29 Å². The Kier molecular flexibility index (Phi) is 6.47. The van der Waals surface area contributed by atoms with E-state index < -0.39 is 6.80 Å². The molecule has 0 aliphatic rings. The van der Waals surface area contributed by atoms with Gasteiger partial charge < -0.3 is 4.52 Å². The van der Waals surface area contributed by atoms with Crippen LogP contribution in [0, 0.1) is 0 Å². The van der Waals surface area contributed by atoms with Crippen LogP contribution < -0.4 is 4.52 Å². The Morgan fingerprint density at radius 3 is 2.67 bits per heavy atom. The third-order valence-corrected chi connectivity index (χ3v) is 5.93. The average Bonchev–Trinajstić information content (AvgIpc) is 2.37. The molecule has 0 N–H and O–H groups in total. The summed E-state index contributed by atoms with van der Waals surface area (Å²) in [7, 11) is 0. The van der Waals surface area contributed by atoms with Crippen LogP contribution in [0.1, 0.15) is 30.6 Å². The van der Waals surface area contributed by atoms with Gasteiger partial charge in [0.25, 0.3) is 0 Å². The zero-order chi connectivity index (χ0) is 13.4. The fourth-order valence-corrected chi connectivity index (χ4v) is 4.70. The van der Waals surface area contributed by atoms with Crippen molar-refractivity contribution in [2.75, 3.05) is 12.4 Å². The third-order valence-electron chi connectivity index (χ3n) is 2.00. The second kappa shape index (κ2) is 7.62. The van der Waals surface area contributed by atoms with Crippen LogP contribution in [0.4, 0.5) is 0 Å². The minimum atomic E-state index is -3.24. The Bertz CT molecular complexity index is 436. The molecule has 0 bridgehead atoms. The monoisotopic (exact) mass is 288 g/mol. The maximum atomic E-state index is 12.4. The molecule has 1 atom stereocenters. The van der Waals surface area contributed by atoms with Gasteiger partial charge in [-0.15, -0.1) is 0 Å². The fraction of sp³-hybridized carbons (Fsp3) is 0.417. The zero-order valence-corrected chi connectivity index (χ0v) is 12.2. The van der Waals surface area contributed by atoms with Gasteiger partial charge in [-0.3, -0.25) is 9.32 Å². The van der Waals surface area contributed by atoms with E-state index in [9.17, 15) is 9.36 Å². The number of para-hydroxylation sites is 1. The zero-order valence-electron chi connectivity index (χ0n) is 10.5. The summed E-state index contributed by atoms with van der Waals surface area (Å²) in [5.74, 6) is 0.980. The lowest BCUT2D eigenvalue weighted by atomic mass is 10.2. The quantitative estimate of drug-likeness (QED) is 0.531. The van der Waals surface area contributed by atoms with Gasteiger partial charge in [0.2, 0.25) is 0 Å². The summed E-state index contributed by atoms with van der Waals surface area (Å²) >= 11 is 1.16. The number of rotatable bonds is 8. The molecule has 0 aliphatic heterocycles. The van der Waals surface area contributed by atoms with E-state index in [1.54, 1.807) is 31.2 Å². The summed E-state index contributed by atoms with van der Waals surface area (Å²) in [6, 6.07) is 6.68. The van der Waals surface area contributed by atoms with Gasteiger partial charge in [-0.1, -0.05) is 19.1 Å². The normalized spacial score (nSPS) is 13.9. The molecular formula is C12H17O4PS. The second-order valence-corrected chi connectivity index (χ2v) is 7.56. The van der Waals surface area contributed by atoms with Gasteiger partial charge in [0.1, 0.15) is 5.75 Å². The maximum absolute atomic E-state index is 12.4. The highest BCUT2D eigenvalue weighted by atomic mass is 32.7. The van der Waals surface area contributed by atoms with E-state index in [0.717, 1.165) is 17.8 Å². The first-order chi connectivity index (χ1) is 8.65. The van der Waals surface area contributed by atoms with Crippen LogP contribution in [0.3, 0.4) is 0 Å². The molecule has 0 aromatic heterocycles. The lowest BCUT2D eigenvalue weighted by Gasteiger charge is -2.18. The Balaban J connectivity index is 2.88. The van der Waals surface area contributed by atoms with E-state index in [-0.39, 0.29) is 0 Å². The first kappa shape index (κ1) is 15.3. The summed E-state index contributed by atoms with van der Waals surface area (Å²) in [5, 5.41) is 0. The molecule has 0 aliphatic carbocycles. The average molecular weight is 288 g/mol. The largest absolute Gasteiger partial charge is 0.440 e. The van der Waals surface area contributed by atoms with E-state index in [0.29, 0.717) is 30.0 Å². The Hall–Kier alpha value is -0.770. The molecule has 1 rings (SSSR count). The van der Waals surface area contributed by atoms with Gasteiger partial charge in [-0.25, -0.2) is 4.57 Å². The lowest BCUT2D eigenvalue weighted by Crippen LogP contribution is -1.98. The lowest BCUT2D eigenvalue weighted by molar-refractivity contribution is 0.112. The molecule has 0 radical (unpaired) electrons. The van der Waals surface area contributed by atoms with Crippen molar-refractivity contribution in [1.82, 2.24) is 0 Å². The van der Waals surface area contributed by atoms with Crippen LogP contribution in [-0.2, 0) is 9.09 Å². The van der Waals surface area contributed by atoms with Crippen molar-refractivity contribution >= 4 is 24.5 Å². The fourth-order valence-electron chi connectivity index (χ4n) is 1.23. The summed E-state index contributed by atoms with van der Waals surface area (Å²) < 4.78 is 23.1. The molecule has 0 amide bonds. The van der Waals surface area contributed by atoms with Crippen LogP contribution in [0.5, 0.6) is 5.75 Å². The highest BCUT2D eigenvalue weighted by Gasteiger charge is 2.27. The predicted molar refractivity (Wildman–Crippen MR) is 74.4 cm³/mol. The maximum Gasteiger partial charge on any atom is 0.440 e. The van der Waals surface area contributed by atoms with Crippen molar-refractivity contribution in [1.29, 1.82) is 0 Å². The second-order valence-electron chi connectivity index (χ2n) is 3.45. The van der Waals surface area contributed by atoms with E-state index in [1.165, 1.54) is 0 Å². The van der Waals surface area contributed by atoms with Crippen molar-refractivity contribution in [2.24, 2.45) is 0 Å². The van der Waals surface area contributed by atoms with Crippen LogP contribution in [0.2, 0.25) is 0 Å². The van der Waals surface area contributed by atoms with Gasteiger partial charge in [-0.2, -0.15) is 0 Å². The molecule has 0 heterocycles. The van der Waals surface area contributed by atoms with Crippen LogP contribution in [0.25, 0.3) is 0 Å². The highest BCUT2D eigenvalue weighted by Crippen LogP contribution is 2.60. The molecule has 18 heavy (non-hydrogen) atoms. The van der Waals surface area contributed by atoms with Crippen LogP contribution in [0.15, 0.2) is 24.3 Å². The molecule has 0 saturated carbocycles. The van der Waals surface area contributed by atoms with Crippen molar-refractivity contribution in [3.63, 3.8) is 0 Å². The summed E-state index contributed by atoms with van der Waals surface area (Å²) in [4.78, 5) is 10.9. The number of carbonyl (C=O) groups excluding carboxylic acids is 1. The van der Waals surface area contributed by atoms with E-state index in [4.69, 9.17) is 9.05 Å². The Morgan fingerprint density at radius 2 is 2.06 bits per heavy atom. The molecule has 6 heteroatoms. The van der Waals surface area contributed by atoms with Crippen LogP contribution >= 0.6 is 18.2 Å². The van der Waals surface area contributed by atoms with Crippen LogP contribution in [-0.4, -0.2) is 18.6 Å². The van der Waals surface area contributed by atoms with Crippen molar-refractivity contribution in [3.8, 4) is 5.75 Å². The van der Waals surface area contributed by atoms with Gasteiger partial charge in [0, 0.05) is 5.75 Å². The molecule has 0 spiro atoms. The number of benzene rings is 1. The first-order valence-electron chi connectivity index (χ1n) is 5.78. The molecule has 1 aromatic rings. The van der Waals surface area contributed by atoms with Crippen molar-refractivity contribution in [3.05, 3.63) is 29.8 Å². The topological polar surface area (TPSA) is 52.6 Å². The number of aldehydes is 1. The Morgan fingerprint density at radius 1 is 1.33 bits per heavy atom. The Labute approximate surface area is 111 Å². The number of carbonyl (C=O) groups is 1. The SMILES string of the molecule is CCCSP(=O)(OCC)Oc1ccccc1C=O. The van der Waals surface area contributed by atoms with Gasteiger partial charge >= 0.3 is 6.80 Å². The summed E-state index contributed by atoms with van der Waals surface area (Å²) in [5.41, 5.74) is 0.370. The van der Waals surface area contributed by atoms with E-state index >= 15 is 0 Å². The van der Waals surface area contributed by atoms with Crippen molar-refractivity contribution < 1.29 is 18.4 Å². The third kappa shape index (κ3) is 4.48. The molecule has 1 unspecified atom stereocenters. The van der Waals surface area contributed by atoms with E-state index in [1.807, 2.05) is 6.92 Å². The summed E-state index contributed by atoms with van der Waals surface area (Å²) in [6.45, 7) is 0.810. The first-order valence-corrected chi connectivity index (χ1v) is 8.91. The van der Waals surface area contributed by atoms with Crippen molar-refractivity contribution in [2.45, 2.75) is 20.3 Å². The molecule has 4 nitrogen and oxygen atoms in total. The van der Waals surface area contributed by atoms with Gasteiger partial charge in [0.05, 0.1) is 12.2 Å². The predicted octanol–water partition coefficient (Wildman–Crippen LogP) is 4.17. The minimum Gasteiger partial charge on any atom is -0.416 e. The minimum absolute atomic E-state index is 0.299. The molecule has 0 saturated heterocycles. The molecular weight excluding hydrogens is 271 g/mol. The van der Waals surface area contributed by atoms with Gasteiger partial charge in [-0.05, 0) is 36.9 Å². The smallest absolute Gasteiger partial charge is 0.416 e. The molecule has 0 fully saturated rings. The number of hydrogen-bond acceptors (Lipinski definition) is 5. The van der Waals surface area contributed by atoms with E-state index in [2.05, 4.69) is 0 Å².